The van der Waals surface area contributed by atoms with Crippen LogP contribution in [-0.4, -0.2) is 54.7 Å². The maximum Gasteiger partial charge on any atom is 0.287 e. The Hall–Kier alpha value is -1.69. The van der Waals surface area contributed by atoms with Crippen molar-refractivity contribution >= 4 is 56.4 Å². The van der Waals surface area contributed by atoms with E-state index in [9.17, 15) is 18.0 Å². The number of halogens is 3. The molecular weight excluding hydrogens is 467 g/mol. The fourth-order valence-corrected chi connectivity index (χ4v) is 4.78. The molecule has 0 saturated carbocycles. The molecule has 29 heavy (non-hydrogen) atoms. The molecule has 3 rings (SSSR count). The Balaban J connectivity index is 1.80. The van der Waals surface area contributed by atoms with Crippen molar-refractivity contribution in [2.45, 2.75) is 11.4 Å². The third kappa shape index (κ3) is 4.90. The lowest BCUT2D eigenvalue weighted by Gasteiger charge is -2.26. The Labute approximate surface area is 181 Å². The molecule has 0 atom stereocenters. The topological polar surface area (TPSA) is 111 Å². The number of carbonyl (C=O) groups excluding carboxylic acids is 1. The third-order valence-electron chi connectivity index (χ3n) is 4.04. The second kappa shape index (κ2) is 8.99. The molecule has 1 aliphatic heterocycles. The van der Waals surface area contributed by atoms with Gasteiger partial charge in [0.2, 0.25) is 15.9 Å². The molecule has 0 unspecified atom stereocenters. The second-order valence-electron chi connectivity index (χ2n) is 5.98. The molecule has 0 spiro atoms. The number of amides is 1. The summed E-state index contributed by atoms with van der Waals surface area (Å²) in [5.74, 6) is -0.616. The van der Waals surface area contributed by atoms with Crippen molar-refractivity contribution in [1.29, 1.82) is 0 Å². The minimum absolute atomic E-state index is 0.0241. The van der Waals surface area contributed by atoms with E-state index >= 15 is 0 Å². The van der Waals surface area contributed by atoms with E-state index in [0.717, 1.165) is 10.9 Å². The number of nitrogens with one attached hydrogen (secondary N) is 1. The summed E-state index contributed by atoms with van der Waals surface area (Å²) < 4.78 is 33.0. The molecule has 0 radical (unpaired) electrons. The fourth-order valence-electron chi connectivity index (χ4n) is 2.60. The van der Waals surface area contributed by atoms with Crippen LogP contribution in [0.15, 0.2) is 34.1 Å². The Morgan fingerprint density at radius 2 is 1.86 bits per heavy atom. The normalized spacial score (nSPS) is 15.3. The molecule has 0 bridgehead atoms. The Bertz CT molecular complexity index is 1100. The van der Waals surface area contributed by atoms with Gasteiger partial charge in [0.1, 0.15) is 16.5 Å². The lowest BCUT2D eigenvalue weighted by Crippen LogP contribution is -2.40. The molecule has 1 aromatic heterocycles. The number of anilines is 1. The number of hydrogen-bond donors (Lipinski definition) is 1. The van der Waals surface area contributed by atoms with Crippen molar-refractivity contribution in [3.05, 3.63) is 49.8 Å². The first-order valence-electron chi connectivity index (χ1n) is 8.28. The van der Waals surface area contributed by atoms with Gasteiger partial charge < -0.3 is 10.1 Å². The van der Waals surface area contributed by atoms with Crippen LogP contribution in [-0.2, 0) is 26.1 Å². The van der Waals surface area contributed by atoms with E-state index < -0.39 is 28.0 Å². The van der Waals surface area contributed by atoms with Crippen molar-refractivity contribution in [3.8, 4) is 0 Å². The van der Waals surface area contributed by atoms with Gasteiger partial charge in [0.25, 0.3) is 5.56 Å². The Morgan fingerprint density at radius 3 is 2.55 bits per heavy atom. The molecule has 1 fully saturated rings. The maximum absolute atomic E-state index is 12.8. The van der Waals surface area contributed by atoms with E-state index in [1.807, 2.05) is 0 Å². The summed E-state index contributed by atoms with van der Waals surface area (Å²) in [5.41, 5.74) is -0.527. The minimum atomic E-state index is -3.86. The first-order valence-corrected chi connectivity index (χ1v) is 10.9. The predicted molar refractivity (Wildman–Crippen MR) is 108 cm³/mol. The van der Waals surface area contributed by atoms with E-state index in [2.05, 4.69) is 10.4 Å². The third-order valence-corrected chi connectivity index (χ3v) is 7.17. The number of sulfonamides is 1. The summed E-state index contributed by atoms with van der Waals surface area (Å²) in [6.07, 6.45) is 1.15. The summed E-state index contributed by atoms with van der Waals surface area (Å²) in [6.45, 7) is 0.559. The number of morpholine rings is 1. The zero-order chi connectivity index (χ0) is 21.2. The highest BCUT2D eigenvalue weighted by Gasteiger charge is 2.28. The lowest BCUT2D eigenvalue weighted by atomic mass is 10.3. The zero-order valence-electron chi connectivity index (χ0n) is 14.8. The summed E-state index contributed by atoms with van der Waals surface area (Å²) in [5, 5.41) is 6.01. The Kier molecular flexibility index (Phi) is 6.82. The second-order valence-corrected chi connectivity index (χ2v) is 9.08. The average molecular weight is 482 g/mol. The van der Waals surface area contributed by atoms with Gasteiger partial charge in [0, 0.05) is 18.8 Å². The van der Waals surface area contributed by atoms with Crippen LogP contribution >= 0.6 is 34.8 Å². The van der Waals surface area contributed by atoms with Gasteiger partial charge in [-0.05, 0) is 18.2 Å². The van der Waals surface area contributed by atoms with Crippen molar-refractivity contribution in [1.82, 2.24) is 14.1 Å². The quantitative estimate of drug-likeness (QED) is 0.698. The summed E-state index contributed by atoms with van der Waals surface area (Å²) >= 11 is 17.5. The largest absolute Gasteiger partial charge is 0.379 e. The predicted octanol–water partition coefficient (Wildman–Crippen LogP) is 1.86. The van der Waals surface area contributed by atoms with Crippen molar-refractivity contribution in [2.75, 3.05) is 31.6 Å². The highest BCUT2D eigenvalue weighted by Crippen LogP contribution is 2.28. The lowest BCUT2D eigenvalue weighted by molar-refractivity contribution is -0.117. The maximum atomic E-state index is 12.8. The van der Waals surface area contributed by atoms with Crippen LogP contribution in [0.3, 0.4) is 0 Å². The minimum Gasteiger partial charge on any atom is -0.379 e. The highest BCUT2D eigenvalue weighted by molar-refractivity contribution is 7.89. The van der Waals surface area contributed by atoms with Gasteiger partial charge >= 0.3 is 0 Å². The number of ether oxygens (including phenoxy) is 1. The van der Waals surface area contributed by atoms with Crippen LogP contribution in [0.25, 0.3) is 0 Å². The molecule has 1 aliphatic rings. The summed E-state index contributed by atoms with van der Waals surface area (Å²) in [4.78, 5) is 24.1. The number of rotatable bonds is 5. The van der Waals surface area contributed by atoms with E-state index in [1.54, 1.807) is 0 Å². The van der Waals surface area contributed by atoms with E-state index in [-0.39, 0.29) is 38.7 Å². The van der Waals surface area contributed by atoms with Crippen molar-refractivity contribution in [2.24, 2.45) is 0 Å². The zero-order valence-corrected chi connectivity index (χ0v) is 17.9. The highest BCUT2D eigenvalue weighted by atomic mass is 35.5. The Morgan fingerprint density at radius 1 is 1.17 bits per heavy atom. The standard InChI is InChI=1S/C16H15Cl3N4O5S/c17-11-2-1-10(7-13(11)29(26,27)22-3-5-28-6-4-22)21-14(24)9-23-16(25)15(19)12(18)8-20-23/h1-2,7-8H,3-6,9H2,(H,21,24). The summed E-state index contributed by atoms with van der Waals surface area (Å²) in [7, 11) is -3.86. The van der Waals surface area contributed by atoms with Crippen LogP contribution in [0, 0.1) is 0 Å². The number of nitrogens with zero attached hydrogens (tertiary/aromatic N) is 3. The van der Waals surface area contributed by atoms with Crippen LogP contribution in [0.1, 0.15) is 0 Å². The monoisotopic (exact) mass is 480 g/mol. The van der Waals surface area contributed by atoms with Crippen LogP contribution < -0.4 is 10.9 Å². The molecule has 2 heterocycles. The number of aromatic nitrogens is 2. The number of hydrogen-bond acceptors (Lipinski definition) is 6. The molecule has 2 aromatic rings. The van der Waals surface area contributed by atoms with E-state index in [1.165, 1.54) is 22.5 Å². The van der Waals surface area contributed by atoms with Crippen LogP contribution in [0.4, 0.5) is 5.69 Å². The fraction of sp³-hybridized carbons (Fsp3) is 0.312. The molecule has 156 valence electrons. The van der Waals surface area contributed by atoms with Gasteiger partial charge in [-0.2, -0.15) is 9.40 Å². The van der Waals surface area contributed by atoms with Crippen LogP contribution in [0.5, 0.6) is 0 Å². The molecule has 9 nitrogen and oxygen atoms in total. The van der Waals surface area contributed by atoms with Crippen molar-refractivity contribution < 1.29 is 17.9 Å². The molecule has 1 amide bonds. The summed E-state index contributed by atoms with van der Waals surface area (Å²) in [6, 6.07) is 4.08. The molecule has 0 aliphatic carbocycles. The van der Waals surface area contributed by atoms with E-state index in [0.29, 0.717) is 13.2 Å². The van der Waals surface area contributed by atoms with Gasteiger partial charge in [0.05, 0.1) is 29.5 Å². The van der Waals surface area contributed by atoms with E-state index in [4.69, 9.17) is 39.5 Å². The number of carbonyl (C=O) groups is 1. The first-order chi connectivity index (χ1) is 13.7. The molecular formula is C16H15Cl3N4O5S. The molecule has 1 aromatic carbocycles. The molecule has 13 heteroatoms. The number of benzene rings is 1. The SMILES string of the molecule is O=C(Cn1ncc(Cl)c(Cl)c1=O)Nc1ccc(Cl)c(S(=O)(=O)N2CCOCC2)c1. The van der Waals surface area contributed by atoms with Gasteiger partial charge in [-0.1, -0.05) is 34.8 Å². The van der Waals surface area contributed by atoms with Crippen LogP contribution in [0.2, 0.25) is 15.1 Å². The van der Waals surface area contributed by atoms with Crippen molar-refractivity contribution in [3.63, 3.8) is 0 Å². The smallest absolute Gasteiger partial charge is 0.287 e. The molecule has 1 N–H and O–H groups in total. The van der Waals surface area contributed by atoms with Gasteiger partial charge in [0.15, 0.2) is 0 Å². The first kappa shape index (κ1) is 22.0. The molecule has 1 saturated heterocycles. The van der Waals surface area contributed by atoms with Gasteiger partial charge in [-0.3, -0.25) is 9.59 Å². The van der Waals surface area contributed by atoms with Gasteiger partial charge in [-0.25, -0.2) is 13.1 Å². The van der Waals surface area contributed by atoms with Gasteiger partial charge in [-0.15, -0.1) is 0 Å². The average Bonchev–Trinajstić information content (AvgIpc) is 2.70.